The Bertz CT molecular complexity index is 888. The summed E-state index contributed by atoms with van der Waals surface area (Å²) in [7, 11) is 4.47. The molecule has 3 aliphatic rings. The first-order chi connectivity index (χ1) is 13.3. The van der Waals surface area contributed by atoms with Gasteiger partial charge >= 0.3 is 0 Å². The van der Waals surface area contributed by atoms with Crippen LogP contribution in [-0.4, -0.2) is 52.6 Å². The summed E-state index contributed by atoms with van der Waals surface area (Å²) in [6.45, 7) is 4.30. The van der Waals surface area contributed by atoms with Crippen molar-refractivity contribution < 1.29 is 19.1 Å². The molecule has 0 unspecified atom stereocenters. The molecule has 0 spiro atoms. The lowest BCUT2D eigenvalue weighted by atomic mass is 9.80. The number of rotatable bonds is 2. The molecule has 28 heavy (non-hydrogen) atoms. The zero-order chi connectivity index (χ0) is 20.1. The fourth-order valence-corrected chi connectivity index (χ4v) is 6.66. The largest absolute Gasteiger partial charge is 0.454 e. The highest BCUT2D eigenvalue weighted by molar-refractivity contribution is 8.77. The molecular formula is C19H21N3O4S2. The molecule has 3 atom stereocenters. The second-order valence-electron chi connectivity index (χ2n) is 7.57. The Morgan fingerprint density at radius 1 is 1.32 bits per heavy atom. The molecule has 0 saturated carbocycles. The minimum atomic E-state index is -1.00. The third kappa shape index (κ3) is 2.81. The van der Waals surface area contributed by atoms with Crippen molar-refractivity contribution in [1.82, 2.24) is 9.80 Å². The predicted octanol–water partition coefficient (Wildman–Crippen LogP) is 2.79. The summed E-state index contributed by atoms with van der Waals surface area (Å²) in [6, 6.07) is 7.56. The number of hydrogen-bond acceptors (Lipinski definition) is 7. The molecule has 148 valence electrons. The molecule has 0 aliphatic carbocycles. The van der Waals surface area contributed by atoms with E-state index < -0.39 is 16.3 Å². The van der Waals surface area contributed by atoms with Crippen molar-refractivity contribution >= 4 is 33.4 Å². The van der Waals surface area contributed by atoms with E-state index in [9.17, 15) is 14.9 Å². The van der Waals surface area contributed by atoms with Crippen LogP contribution in [-0.2, 0) is 9.59 Å². The molecule has 9 heteroatoms. The number of carbonyl (C=O) groups is 2. The molecule has 7 nitrogen and oxygen atoms in total. The van der Waals surface area contributed by atoms with E-state index in [4.69, 9.17) is 9.47 Å². The number of likely N-dealkylation sites (N-methyl/N-ethyl adjacent to an activating group) is 1. The Balaban J connectivity index is 1.73. The zero-order valence-corrected chi connectivity index (χ0v) is 17.6. The topological polar surface area (TPSA) is 82.9 Å². The summed E-state index contributed by atoms with van der Waals surface area (Å²) in [4.78, 5) is 28.1. The lowest BCUT2D eigenvalue weighted by molar-refractivity contribution is -0.145. The average Bonchev–Trinajstić information content (AvgIpc) is 3.29. The van der Waals surface area contributed by atoms with Crippen LogP contribution >= 0.6 is 21.6 Å². The van der Waals surface area contributed by atoms with Crippen LogP contribution in [0.3, 0.4) is 0 Å². The number of ether oxygens (including phenoxy) is 2. The Labute approximate surface area is 171 Å². The number of hydrogen-bond donors (Lipinski definition) is 0. The van der Waals surface area contributed by atoms with Gasteiger partial charge in [-0.1, -0.05) is 27.7 Å². The van der Waals surface area contributed by atoms with E-state index in [0.717, 1.165) is 5.56 Å². The normalized spacial score (nSPS) is 31.8. The summed E-state index contributed by atoms with van der Waals surface area (Å²) in [5, 5.41) is 9.90. The Kier molecular flexibility index (Phi) is 4.67. The number of fused-ring (bicyclic) bond motifs is 1. The standard InChI is InChI=1S/C19H21N3O4S2/c1-18(10-20)6-7-22(17(24)19(2)21(3)15(23)9-27-28-19)16(18)12-4-5-13-14(8-12)26-11-25-13/h4-5,8,16H,6-7,9,11H2,1-3H3/t16-,18+,19+/m0/s1. The second-order valence-corrected chi connectivity index (χ2v) is 10.3. The van der Waals surface area contributed by atoms with Crippen LogP contribution in [0.25, 0.3) is 0 Å². The van der Waals surface area contributed by atoms with E-state index in [2.05, 4.69) is 6.07 Å². The van der Waals surface area contributed by atoms with E-state index in [0.29, 0.717) is 30.2 Å². The minimum absolute atomic E-state index is 0.0681. The van der Waals surface area contributed by atoms with Gasteiger partial charge in [0.05, 0.1) is 23.3 Å². The molecule has 0 aromatic heterocycles. The number of nitriles is 1. The van der Waals surface area contributed by atoms with Crippen LogP contribution in [0.4, 0.5) is 0 Å². The summed E-state index contributed by atoms with van der Waals surface area (Å²) >= 11 is 0. The second kappa shape index (κ2) is 6.78. The van der Waals surface area contributed by atoms with E-state index in [1.165, 1.54) is 26.5 Å². The van der Waals surface area contributed by atoms with E-state index in [-0.39, 0.29) is 18.6 Å². The number of nitrogens with zero attached hydrogens (tertiary/aromatic N) is 3. The van der Waals surface area contributed by atoms with Gasteiger partial charge in [-0.05, 0) is 38.0 Å². The molecule has 3 aliphatic heterocycles. The van der Waals surface area contributed by atoms with Crippen LogP contribution in [0.1, 0.15) is 31.9 Å². The van der Waals surface area contributed by atoms with Gasteiger partial charge in [0.15, 0.2) is 16.4 Å². The van der Waals surface area contributed by atoms with Gasteiger partial charge in [-0.25, -0.2) is 0 Å². The molecule has 3 heterocycles. The van der Waals surface area contributed by atoms with E-state index in [1.54, 1.807) is 18.9 Å². The van der Waals surface area contributed by atoms with Crippen LogP contribution < -0.4 is 9.47 Å². The maximum absolute atomic E-state index is 13.6. The quantitative estimate of drug-likeness (QED) is 0.682. The highest BCUT2D eigenvalue weighted by atomic mass is 33.1. The van der Waals surface area contributed by atoms with Crippen molar-refractivity contribution in [1.29, 1.82) is 5.26 Å². The number of amides is 2. The van der Waals surface area contributed by atoms with Crippen molar-refractivity contribution in [3.8, 4) is 17.6 Å². The van der Waals surface area contributed by atoms with Gasteiger partial charge in [0.2, 0.25) is 12.7 Å². The molecule has 0 N–H and O–H groups in total. The van der Waals surface area contributed by atoms with Gasteiger partial charge in [-0.3, -0.25) is 9.59 Å². The number of carbonyl (C=O) groups excluding carboxylic acids is 2. The van der Waals surface area contributed by atoms with Gasteiger partial charge in [0, 0.05) is 13.6 Å². The average molecular weight is 420 g/mol. The molecule has 4 rings (SSSR count). The van der Waals surface area contributed by atoms with Crippen LogP contribution in [0, 0.1) is 16.7 Å². The van der Waals surface area contributed by atoms with Crippen molar-refractivity contribution in [2.45, 2.75) is 31.2 Å². The summed E-state index contributed by atoms with van der Waals surface area (Å²) < 4.78 is 10.9. The first kappa shape index (κ1) is 19.3. The first-order valence-corrected chi connectivity index (χ1v) is 11.3. The zero-order valence-electron chi connectivity index (χ0n) is 15.9. The van der Waals surface area contributed by atoms with Crippen LogP contribution in [0.15, 0.2) is 18.2 Å². The van der Waals surface area contributed by atoms with Gasteiger partial charge < -0.3 is 19.3 Å². The van der Waals surface area contributed by atoms with E-state index in [1.807, 2.05) is 25.1 Å². The summed E-state index contributed by atoms with van der Waals surface area (Å²) in [5.74, 6) is 1.42. The molecule has 0 bridgehead atoms. The Morgan fingerprint density at radius 2 is 2.07 bits per heavy atom. The molecule has 2 amide bonds. The summed E-state index contributed by atoms with van der Waals surface area (Å²) in [6.07, 6.45) is 0.569. The predicted molar refractivity (Wildman–Crippen MR) is 107 cm³/mol. The molecule has 1 aromatic rings. The number of likely N-dealkylation sites (tertiary alicyclic amines) is 1. The fourth-order valence-electron chi connectivity index (χ4n) is 3.96. The third-order valence-electron chi connectivity index (χ3n) is 5.83. The van der Waals surface area contributed by atoms with Crippen LogP contribution in [0.2, 0.25) is 0 Å². The smallest absolute Gasteiger partial charge is 0.260 e. The SMILES string of the molecule is CN1C(=O)CSS[C@]1(C)C(=O)N1CC[C@](C)(C#N)[C@@H]1c1ccc2c(c1)OCO2. The van der Waals surface area contributed by atoms with Gasteiger partial charge in [-0.15, -0.1) is 0 Å². The maximum Gasteiger partial charge on any atom is 0.260 e. The lowest BCUT2D eigenvalue weighted by Gasteiger charge is -2.43. The van der Waals surface area contributed by atoms with Crippen molar-refractivity contribution in [3.05, 3.63) is 23.8 Å². The van der Waals surface area contributed by atoms with Gasteiger partial charge in [0.1, 0.15) is 0 Å². The van der Waals surface area contributed by atoms with E-state index >= 15 is 0 Å². The molecular weight excluding hydrogens is 398 g/mol. The minimum Gasteiger partial charge on any atom is -0.454 e. The van der Waals surface area contributed by atoms with Crippen molar-refractivity contribution in [3.63, 3.8) is 0 Å². The fraction of sp³-hybridized carbons (Fsp3) is 0.526. The first-order valence-electron chi connectivity index (χ1n) is 8.99. The summed E-state index contributed by atoms with van der Waals surface area (Å²) in [5.41, 5.74) is 0.111. The van der Waals surface area contributed by atoms with Crippen molar-refractivity contribution in [2.75, 3.05) is 26.1 Å². The monoisotopic (exact) mass is 419 g/mol. The van der Waals surface area contributed by atoms with Crippen LogP contribution in [0.5, 0.6) is 11.5 Å². The third-order valence-corrected chi connectivity index (χ3v) is 8.77. The lowest BCUT2D eigenvalue weighted by Crippen LogP contribution is -2.58. The van der Waals surface area contributed by atoms with Gasteiger partial charge in [-0.2, -0.15) is 5.26 Å². The number of benzene rings is 1. The maximum atomic E-state index is 13.6. The Morgan fingerprint density at radius 3 is 2.82 bits per heavy atom. The van der Waals surface area contributed by atoms with Crippen molar-refractivity contribution in [2.24, 2.45) is 5.41 Å². The molecule has 1 aromatic carbocycles. The molecule has 2 fully saturated rings. The van der Waals surface area contributed by atoms with Gasteiger partial charge in [0.25, 0.3) is 5.91 Å². The molecule has 0 radical (unpaired) electrons. The molecule has 2 saturated heterocycles. The highest BCUT2D eigenvalue weighted by Crippen LogP contribution is 2.51. The Hall–Kier alpha value is -2.05. The highest BCUT2D eigenvalue weighted by Gasteiger charge is 2.54.